The van der Waals surface area contributed by atoms with Gasteiger partial charge in [-0.3, -0.25) is 9.59 Å². The maximum Gasteiger partial charge on any atom is 0.490 e. The maximum atomic E-state index is 13.0. The molecule has 2 amide bonds. The third kappa shape index (κ3) is 6.36. The van der Waals surface area contributed by atoms with Crippen molar-refractivity contribution in [3.8, 4) is 0 Å². The lowest BCUT2D eigenvalue weighted by Crippen LogP contribution is -2.42. The Kier molecular flexibility index (Phi) is 8.88. The molecule has 0 spiro atoms. The Morgan fingerprint density at radius 3 is 2.42 bits per heavy atom. The van der Waals surface area contributed by atoms with E-state index in [0.29, 0.717) is 31.1 Å². The summed E-state index contributed by atoms with van der Waals surface area (Å²) < 4.78 is 43.5. The summed E-state index contributed by atoms with van der Waals surface area (Å²) >= 11 is 0. The third-order valence-corrected chi connectivity index (χ3v) is 6.95. The fourth-order valence-electron chi connectivity index (χ4n) is 4.65. The molecule has 0 radical (unpaired) electrons. The topological polar surface area (TPSA) is 140 Å². The zero-order valence-electron chi connectivity index (χ0n) is 21.2. The number of alkyl halides is 3. The molecule has 1 saturated heterocycles. The largest absolute Gasteiger partial charge is 0.495 e. The summed E-state index contributed by atoms with van der Waals surface area (Å²) in [6.45, 7) is 7.11. The molecule has 38 heavy (non-hydrogen) atoms. The summed E-state index contributed by atoms with van der Waals surface area (Å²) in [7, 11) is 0. The van der Waals surface area contributed by atoms with E-state index in [2.05, 4.69) is 17.6 Å². The molecule has 1 fully saturated rings. The SMILES string of the molecule is CC1(C(N)=O)CC(C(=O)NCC[C@@H]2CNCCO2)=CC2=C1OCC2(C)c1ccccc1.O=C(O)C(F)(F)F. The summed E-state index contributed by atoms with van der Waals surface area (Å²) in [5, 5.41) is 13.4. The van der Waals surface area contributed by atoms with Crippen molar-refractivity contribution in [2.75, 3.05) is 32.8 Å². The predicted octanol–water partition coefficient (Wildman–Crippen LogP) is 2.18. The molecule has 1 aliphatic carbocycles. The van der Waals surface area contributed by atoms with Crippen LogP contribution in [0, 0.1) is 5.41 Å². The number of aliphatic carboxylic acids is 1. The second kappa shape index (κ2) is 11.6. The number of carbonyl (C=O) groups excluding carboxylic acids is 2. The van der Waals surface area contributed by atoms with Gasteiger partial charge in [0.05, 0.1) is 18.1 Å². The summed E-state index contributed by atoms with van der Waals surface area (Å²) in [5.74, 6) is -2.83. The summed E-state index contributed by atoms with van der Waals surface area (Å²) in [6, 6.07) is 10.0. The summed E-state index contributed by atoms with van der Waals surface area (Å²) in [4.78, 5) is 34.4. The standard InChI is InChI=1S/C24H31N3O4.C2HF3O2/c1-23(22(25)29)13-16(21(28)27-9-8-18-14-26-10-11-30-18)12-19-20(23)31-15-24(19,2)17-6-4-3-5-7-17;3-2(4,5)1(6)7/h3-7,12,18,26H,8-11,13-15H2,1-2H3,(H2,25,29)(H,27,28);(H,6,7)/t18-,23?,24?;/m1./s1. The van der Waals surface area contributed by atoms with Crippen LogP contribution >= 0.6 is 0 Å². The Labute approximate surface area is 218 Å². The predicted molar refractivity (Wildman–Crippen MR) is 131 cm³/mol. The molecule has 3 atom stereocenters. The molecule has 4 rings (SSSR count). The number of ether oxygens (including phenoxy) is 2. The monoisotopic (exact) mass is 539 g/mol. The molecule has 2 aliphatic heterocycles. The molecule has 1 aromatic rings. The maximum absolute atomic E-state index is 13.0. The van der Waals surface area contributed by atoms with Crippen molar-refractivity contribution in [3.63, 3.8) is 0 Å². The van der Waals surface area contributed by atoms with Gasteiger partial charge in [0.15, 0.2) is 0 Å². The van der Waals surface area contributed by atoms with E-state index in [1.165, 1.54) is 0 Å². The van der Waals surface area contributed by atoms with E-state index in [0.717, 1.165) is 30.6 Å². The van der Waals surface area contributed by atoms with Crippen LogP contribution in [0.4, 0.5) is 13.2 Å². The van der Waals surface area contributed by atoms with Crippen molar-refractivity contribution in [1.82, 2.24) is 10.6 Å². The first-order chi connectivity index (χ1) is 17.8. The Morgan fingerprint density at radius 1 is 1.21 bits per heavy atom. The summed E-state index contributed by atoms with van der Waals surface area (Å²) in [6.07, 6.45) is -2.13. The average molecular weight is 540 g/mol. The van der Waals surface area contributed by atoms with Gasteiger partial charge in [0.1, 0.15) is 17.8 Å². The van der Waals surface area contributed by atoms with Gasteiger partial charge >= 0.3 is 12.1 Å². The number of rotatable bonds is 6. The fourth-order valence-corrected chi connectivity index (χ4v) is 4.65. The number of hydrogen-bond donors (Lipinski definition) is 4. The van der Waals surface area contributed by atoms with Crippen LogP contribution in [0.5, 0.6) is 0 Å². The normalized spacial score (nSPS) is 26.8. The van der Waals surface area contributed by atoms with Crippen LogP contribution in [0.15, 0.2) is 53.3 Å². The van der Waals surface area contributed by atoms with E-state index in [1.807, 2.05) is 36.4 Å². The Balaban J connectivity index is 0.000000505. The zero-order chi connectivity index (χ0) is 28.1. The van der Waals surface area contributed by atoms with E-state index in [-0.39, 0.29) is 18.4 Å². The Hall–Kier alpha value is -3.38. The number of benzene rings is 1. The lowest BCUT2D eigenvalue weighted by Gasteiger charge is -2.33. The quantitative estimate of drug-likeness (QED) is 0.435. The minimum absolute atomic E-state index is 0.101. The van der Waals surface area contributed by atoms with Crippen LogP contribution in [0.2, 0.25) is 0 Å². The van der Waals surface area contributed by atoms with Gasteiger partial charge in [-0.25, -0.2) is 4.79 Å². The van der Waals surface area contributed by atoms with E-state index in [1.54, 1.807) is 6.92 Å². The molecule has 0 bridgehead atoms. The lowest BCUT2D eigenvalue weighted by atomic mass is 9.68. The van der Waals surface area contributed by atoms with Gasteiger partial charge in [-0.2, -0.15) is 13.2 Å². The van der Waals surface area contributed by atoms with E-state index in [4.69, 9.17) is 25.1 Å². The average Bonchev–Trinajstić information content (AvgIpc) is 3.23. The minimum Gasteiger partial charge on any atom is -0.495 e. The van der Waals surface area contributed by atoms with Crippen molar-refractivity contribution in [3.05, 3.63) is 58.9 Å². The van der Waals surface area contributed by atoms with Crippen molar-refractivity contribution in [2.24, 2.45) is 11.1 Å². The van der Waals surface area contributed by atoms with Crippen molar-refractivity contribution < 1.29 is 42.1 Å². The van der Waals surface area contributed by atoms with Crippen molar-refractivity contribution in [2.45, 2.75) is 44.4 Å². The number of carbonyl (C=O) groups is 3. The molecule has 5 N–H and O–H groups in total. The lowest BCUT2D eigenvalue weighted by molar-refractivity contribution is -0.192. The highest BCUT2D eigenvalue weighted by molar-refractivity contribution is 5.97. The van der Waals surface area contributed by atoms with E-state index in [9.17, 15) is 22.8 Å². The van der Waals surface area contributed by atoms with E-state index < -0.39 is 28.9 Å². The number of amides is 2. The van der Waals surface area contributed by atoms with Crippen LogP contribution in [-0.2, 0) is 29.3 Å². The molecule has 9 nitrogen and oxygen atoms in total. The molecule has 1 aromatic carbocycles. The third-order valence-electron chi connectivity index (χ3n) is 6.95. The number of primary amides is 1. The number of allylic oxidation sites excluding steroid dienone is 1. The van der Waals surface area contributed by atoms with Gasteiger partial charge in [0.2, 0.25) is 11.8 Å². The van der Waals surface area contributed by atoms with Crippen LogP contribution in [0.1, 0.15) is 32.3 Å². The number of nitrogens with two attached hydrogens (primary N) is 1. The second-order valence-electron chi connectivity index (χ2n) is 9.82. The van der Waals surface area contributed by atoms with Gasteiger partial charge in [-0.05, 0) is 38.3 Å². The summed E-state index contributed by atoms with van der Waals surface area (Å²) in [5.41, 5.74) is 6.78. The number of halogens is 3. The molecule has 2 unspecified atom stereocenters. The number of hydrogen-bond acceptors (Lipinski definition) is 6. The van der Waals surface area contributed by atoms with Crippen LogP contribution in [0.25, 0.3) is 0 Å². The Bertz CT molecular complexity index is 1110. The molecule has 0 aromatic heterocycles. The van der Waals surface area contributed by atoms with Gasteiger partial charge in [0.25, 0.3) is 0 Å². The number of carboxylic acid groups (broad SMARTS) is 1. The molecule has 0 saturated carbocycles. The van der Waals surface area contributed by atoms with Crippen molar-refractivity contribution >= 4 is 17.8 Å². The van der Waals surface area contributed by atoms with Gasteiger partial charge in [0, 0.05) is 30.8 Å². The van der Waals surface area contributed by atoms with Crippen LogP contribution < -0.4 is 16.4 Å². The van der Waals surface area contributed by atoms with Gasteiger partial charge in [-0.15, -0.1) is 0 Å². The van der Waals surface area contributed by atoms with Crippen LogP contribution in [0.3, 0.4) is 0 Å². The number of carboxylic acids is 1. The van der Waals surface area contributed by atoms with Gasteiger partial charge < -0.3 is 30.9 Å². The zero-order valence-corrected chi connectivity index (χ0v) is 21.2. The molecular formula is C26H32F3N3O6. The number of nitrogens with one attached hydrogen (secondary N) is 2. The molecular weight excluding hydrogens is 507 g/mol. The number of morpholine rings is 1. The first-order valence-corrected chi connectivity index (χ1v) is 12.1. The first kappa shape index (κ1) is 29.2. The smallest absolute Gasteiger partial charge is 0.490 e. The van der Waals surface area contributed by atoms with E-state index >= 15 is 0 Å². The highest BCUT2D eigenvalue weighted by atomic mass is 19.4. The highest BCUT2D eigenvalue weighted by Crippen LogP contribution is 2.51. The van der Waals surface area contributed by atoms with Crippen molar-refractivity contribution in [1.29, 1.82) is 0 Å². The van der Waals surface area contributed by atoms with Gasteiger partial charge in [-0.1, -0.05) is 30.3 Å². The second-order valence-corrected chi connectivity index (χ2v) is 9.82. The Morgan fingerprint density at radius 2 is 1.87 bits per heavy atom. The molecule has 3 aliphatic rings. The fraction of sp³-hybridized carbons (Fsp3) is 0.500. The first-order valence-electron chi connectivity index (χ1n) is 12.1. The highest BCUT2D eigenvalue weighted by Gasteiger charge is 2.51. The molecule has 208 valence electrons. The molecule has 12 heteroatoms. The molecule has 2 heterocycles. The minimum atomic E-state index is -5.08. The van der Waals surface area contributed by atoms with Crippen LogP contribution in [-0.4, -0.2) is 68.0 Å².